The summed E-state index contributed by atoms with van der Waals surface area (Å²) in [5, 5.41) is 0.989. The Morgan fingerprint density at radius 3 is 3.00 bits per heavy atom. The number of aryl methyl sites for hydroxylation is 1. The Hall–Kier alpha value is -2.21. The van der Waals surface area contributed by atoms with E-state index in [1.54, 1.807) is 6.20 Å². The zero-order valence-corrected chi connectivity index (χ0v) is 14.3. The van der Waals surface area contributed by atoms with Crippen molar-refractivity contribution >= 4 is 27.4 Å². The van der Waals surface area contributed by atoms with E-state index in [9.17, 15) is 4.79 Å². The quantitative estimate of drug-likeness (QED) is 0.780. The monoisotopic (exact) mass is 338 g/mol. The number of fused-ring (bicyclic) bond motifs is 2. The van der Waals surface area contributed by atoms with Crippen LogP contribution >= 0.6 is 11.3 Å². The van der Waals surface area contributed by atoms with Gasteiger partial charge in [0.1, 0.15) is 4.70 Å². The minimum atomic E-state index is -0.0222. The second kappa shape index (κ2) is 5.14. The van der Waals surface area contributed by atoms with E-state index in [2.05, 4.69) is 22.9 Å². The summed E-state index contributed by atoms with van der Waals surface area (Å²) >= 11 is 1.54. The number of aromatic nitrogens is 3. The third kappa shape index (κ3) is 2.02. The smallest absolute Gasteiger partial charge is 0.265 e. The summed E-state index contributed by atoms with van der Waals surface area (Å²) in [6.07, 6.45) is 6.12. The molecule has 1 aliphatic carbocycles. The van der Waals surface area contributed by atoms with Gasteiger partial charge in [-0.05, 0) is 44.7 Å². The molecule has 0 amide bonds. The van der Waals surface area contributed by atoms with Crippen LogP contribution in [0, 0.1) is 0 Å². The van der Waals surface area contributed by atoms with Crippen LogP contribution in [-0.2, 0) is 12.8 Å². The van der Waals surface area contributed by atoms with Gasteiger partial charge in [0.25, 0.3) is 5.56 Å². The van der Waals surface area contributed by atoms with Crippen molar-refractivity contribution in [1.29, 1.82) is 0 Å². The van der Waals surface area contributed by atoms with Gasteiger partial charge in [0, 0.05) is 35.4 Å². The van der Waals surface area contributed by atoms with Gasteiger partial charge in [0.05, 0.1) is 10.6 Å². The van der Waals surface area contributed by atoms with Crippen LogP contribution in [0.5, 0.6) is 0 Å². The predicted octanol–water partition coefficient (Wildman–Crippen LogP) is 3.13. The van der Waals surface area contributed by atoms with Crippen LogP contribution < -0.4 is 10.5 Å². The Labute approximate surface area is 143 Å². The standard InChI is InChI=1S/C18H18N4OS/c1-10-6-8-22(10)18-20-13-4-2-3-12(13)15(21-18)14-9-11-5-7-19-17(23)16(11)24-14/h5,7,9-10H,2-4,6,8H2,1H3,(H,19,23)/t10-/m0/s1. The summed E-state index contributed by atoms with van der Waals surface area (Å²) < 4.78 is 0.775. The highest BCUT2D eigenvalue weighted by Crippen LogP contribution is 2.38. The highest BCUT2D eigenvalue weighted by atomic mass is 32.1. The number of hydrogen-bond acceptors (Lipinski definition) is 5. The van der Waals surface area contributed by atoms with E-state index < -0.39 is 0 Å². The third-order valence-corrected chi connectivity index (χ3v) is 6.33. The maximum absolute atomic E-state index is 12.0. The molecular formula is C18H18N4OS. The molecule has 0 radical (unpaired) electrons. The van der Waals surface area contributed by atoms with Crippen LogP contribution in [0.1, 0.15) is 31.0 Å². The number of H-pyrrole nitrogens is 1. The second-order valence-electron chi connectivity index (χ2n) is 6.68. The molecule has 2 aliphatic rings. The summed E-state index contributed by atoms with van der Waals surface area (Å²) in [7, 11) is 0. The molecule has 1 aliphatic heterocycles. The average Bonchev–Trinajstić information content (AvgIpc) is 3.19. The summed E-state index contributed by atoms with van der Waals surface area (Å²) in [4.78, 5) is 27.9. The molecule has 1 N–H and O–H groups in total. The molecule has 122 valence electrons. The summed E-state index contributed by atoms with van der Waals surface area (Å²) in [5.41, 5.74) is 3.48. The third-order valence-electron chi connectivity index (χ3n) is 5.18. The highest BCUT2D eigenvalue weighted by Gasteiger charge is 2.29. The average molecular weight is 338 g/mol. The van der Waals surface area contributed by atoms with Gasteiger partial charge in [-0.1, -0.05) is 0 Å². The van der Waals surface area contributed by atoms with Crippen molar-refractivity contribution in [2.24, 2.45) is 0 Å². The van der Waals surface area contributed by atoms with Gasteiger partial charge in [0.2, 0.25) is 5.95 Å². The number of thiophene rings is 1. The summed E-state index contributed by atoms with van der Waals surface area (Å²) in [6, 6.07) is 4.57. The molecule has 1 atom stereocenters. The SMILES string of the molecule is C[C@H]1CCN1c1nc2c(c(-c3cc4cc[nH]c(=O)c4s3)n1)CCC2. The molecular weight excluding hydrogens is 320 g/mol. The Morgan fingerprint density at radius 2 is 2.25 bits per heavy atom. The molecule has 5 rings (SSSR count). The van der Waals surface area contributed by atoms with Crippen LogP contribution in [0.3, 0.4) is 0 Å². The Balaban J connectivity index is 1.71. The van der Waals surface area contributed by atoms with Gasteiger partial charge in [-0.3, -0.25) is 4.79 Å². The fourth-order valence-corrected chi connectivity index (χ4v) is 4.73. The van der Waals surface area contributed by atoms with E-state index in [1.807, 2.05) is 6.07 Å². The lowest BCUT2D eigenvalue weighted by molar-refractivity contribution is 0.470. The first-order valence-corrected chi connectivity index (χ1v) is 9.30. The number of aromatic amines is 1. The van der Waals surface area contributed by atoms with Gasteiger partial charge in [-0.15, -0.1) is 11.3 Å². The number of pyridine rings is 1. The minimum absolute atomic E-state index is 0.0222. The maximum Gasteiger partial charge on any atom is 0.265 e. The van der Waals surface area contributed by atoms with Crippen LogP contribution in [0.25, 0.3) is 20.7 Å². The molecule has 1 saturated heterocycles. The van der Waals surface area contributed by atoms with Gasteiger partial charge in [-0.2, -0.15) is 0 Å². The Bertz CT molecular complexity index is 1010. The lowest BCUT2D eigenvalue weighted by Crippen LogP contribution is -2.46. The summed E-state index contributed by atoms with van der Waals surface area (Å²) in [5.74, 6) is 0.857. The molecule has 0 spiro atoms. The first-order chi connectivity index (χ1) is 11.7. The normalized spacial score (nSPS) is 19.5. The number of hydrogen-bond donors (Lipinski definition) is 1. The van der Waals surface area contributed by atoms with E-state index in [0.717, 1.165) is 52.4 Å². The Morgan fingerprint density at radius 1 is 1.33 bits per heavy atom. The number of nitrogens with zero attached hydrogens (tertiary/aromatic N) is 3. The first kappa shape index (κ1) is 14.2. The van der Waals surface area contributed by atoms with E-state index in [0.29, 0.717) is 6.04 Å². The lowest BCUT2D eigenvalue weighted by atomic mass is 10.1. The molecule has 4 heterocycles. The highest BCUT2D eigenvalue weighted by molar-refractivity contribution is 7.22. The molecule has 0 saturated carbocycles. The van der Waals surface area contributed by atoms with Crippen molar-refractivity contribution in [3.05, 3.63) is 39.9 Å². The van der Waals surface area contributed by atoms with E-state index in [1.165, 1.54) is 29.0 Å². The number of rotatable bonds is 2. The topological polar surface area (TPSA) is 61.9 Å². The first-order valence-electron chi connectivity index (χ1n) is 8.49. The zero-order chi connectivity index (χ0) is 16.3. The molecule has 1 fully saturated rings. The van der Waals surface area contributed by atoms with Gasteiger partial charge in [0.15, 0.2) is 0 Å². The van der Waals surface area contributed by atoms with Crippen molar-refractivity contribution in [2.45, 2.75) is 38.6 Å². The zero-order valence-electron chi connectivity index (χ0n) is 13.5. The molecule has 3 aromatic rings. The van der Waals surface area contributed by atoms with Crippen LogP contribution in [0.15, 0.2) is 23.1 Å². The van der Waals surface area contributed by atoms with Crippen molar-refractivity contribution < 1.29 is 0 Å². The molecule has 6 heteroatoms. The lowest BCUT2D eigenvalue weighted by Gasteiger charge is -2.39. The van der Waals surface area contributed by atoms with E-state index in [4.69, 9.17) is 9.97 Å². The van der Waals surface area contributed by atoms with E-state index >= 15 is 0 Å². The molecule has 0 aromatic carbocycles. The van der Waals surface area contributed by atoms with Crippen molar-refractivity contribution in [3.63, 3.8) is 0 Å². The Kier molecular flexibility index (Phi) is 3.03. The largest absolute Gasteiger partial charge is 0.338 e. The van der Waals surface area contributed by atoms with Crippen LogP contribution in [-0.4, -0.2) is 27.5 Å². The number of anilines is 1. The second-order valence-corrected chi connectivity index (χ2v) is 7.74. The predicted molar refractivity (Wildman–Crippen MR) is 96.9 cm³/mol. The summed E-state index contributed by atoms with van der Waals surface area (Å²) in [6.45, 7) is 3.25. The molecule has 0 bridgehead atoms. The van der Waals surface area contributed by atoms with Gasteiger partial charge < -0.3 is 9.88 Å². The molecule has 0 unspecified atom stereocenters. The molecule has 3 aromatic heterocycles. The fourth-order valence-electron chi connectivity index (χ4n) is 3.66. The maximum atomic E-state index is 12.0. The van der Waals surface area contributed by atoms with Crippen molar-refractivity contribution in [1.82, 2.24) is 15.0 Å². The van der Waals surface area contributed by atoms with Gasteiger partial charge >= 0.3 is 0 Å². The van der Waals surface area contributed by atoms with E-state index in [-0.39, 0.29) is 5.56 Å². The molecule has 5 nitrogen and oxygen atoms in total. The van der Waals surface area contributed by atoms with Crippen LogP contribution in [0.2, 0.25) is 0 Å². The number of nitrogens with one attached hydrogen (secondary N) is 1. The van der Waals surface area contributed by atoms with Crippen LogP contribution in [0.4, 0.5) is 5.95 Å². The van der Waals surface area contributed by atoms with Crippen molar-refractivity contribution in [3.8, 4) is 10.6 Å². The molecule has 24 heavy (non-hydrogen) atoms. The minimum Gasteiger partial charge on any atom is -0.338 e. The van der Waals surface area contributed by atoms with Crippen molar-refractivity contribution in [2.75, 3.05) is 11.4 Å². The van der Waals surface area contributed by atoms with Gasteiger partial charge in [-0.25, -0.2) is 9.97 Å². The fraction of sp³-hybridized carbons (Fsp3) is 0.389.